The van der Waals surface area contributed by atoms with E-state index in [9.17, 15) is 26.8 Å². The maximum atomic E-state index is 13.0. The maximum absolute atomic E-state index is 13.0. The molecular weight excluding hydrogens is 310 g/mol. The smallest absolute Gasteiger partial charge is 0.321 e. The number of carboxylic acid groups (broad SMARTS) is 1. The summed E-state index contributed by atoms with van der Waals surface area (Å²) < 4.78 is 51.3. The Kier molecular flexibility index (Phi) is 5.33. The van der Waals surface area contributed by atoms with Gasteiger partial charge in [0, 0.05) is 6.42 Å². The fourth-order valence-corrected chi connectivity index (χ4v) is 2.65. The van der Waals surface area contributed by atoms with Crippen molar-refractivity contribution < 1.29 is 31.9 Å². The number of amides is 1. The molecular formula is C11H12F2N2O5S. The number of carbonyl (C=O) groups excluding carboxylic acids is 1. The van der Waals surface area contributed by atoms with Crippen LogP contribution in [0.3, 0.4) is 0 Å². The summed E-state index contributed by atoms with van der Waals surface area (Å²) in [5.74, 6) is -4.95. The fraction of sp³-hybridized carbons (Fsp3) is 0.273. The molecule has 0 saturated heterocycles. The number of carboxylic acids is 1. The van der Waals surface area contributed by atoms with Crippen molar-refractivity contribution in [3.8, 4) is 0 Å². The Bertz CT molecular complexity index is 663. The molecule has 0 bridgehead atoms. The SMILES string of the molecule is NC(=O)CC[C@H](NS(=O)(=O)c1ccc(F)c(F)c1)C(=O)O. The van der Waals surface area contributed by atoms with E-state index in [0.717, 1.165) is 6.07 Å². The summed E-state index contributed by atoms with van der Waals surface area (Å²) in [5.41, 5.74) is 4.85. The molecule has 0 aromatic heterocycles. The van der Waals surface area contributed by atoms with Gasteiger partial charge in [-0.3, -0.25) is 9.59 Å². The highest BCUT2D eigenvalue weighted by molar-refractivity contribution is 7.89. The van der Waals surface area contributed by atoms with Crippen LogP contribution in [0, 0.1) is 11.6 Å². The van der Waals surface area contributed by atoms with E-state index < -0.39 is 44.5 Å². The summed E-state index contributed by atoms with van der Waals surface area (Å²) in [6, 6.07) is 0.192. The Morgan fingerprint density at radius 3 is 2.38 bits per heavy atom. The highest BCUT2D eigenvalue weighted by Crippen LogP contribution is 2.14. The summed E-state index contributed by atoms with van der Waals surface area (Å²) in [7, 11) is -4.38. The van der Waals surface area contributed by atoms with Crippen molar-refractivity contribution >= 4 is 21.9 Å². The lowest BCUT2D eigenvalue weighted by Gasteiger charge is -2.14. The summed E-state index contributed by atoms with van der Waals surface area (Å²) in [6.07, 6.45) is -0.717. The van der Waals surface area contributed by atoms with Gasteiger partial charge in [0.15, 0.2) is 11.6 Å². The average Bonchev–Trinajstić information content (AvgIpc) is 2.37. The molecule has 0 aliphatic carbocycles. The predicted molar refractivity (Wildman–Crippen MR) is 66.5 cm³/mol. The van der Waals surface area contributed by atoms with Gasteiger partial charge < -0.3 is 10.8 Å². The van der Waals surface area contributed by atoms with Gasteiger partial charge in [0.25, 0.3) is 0 Å². The van der Waals surface area contributed by atoms with E-state index >= 15 is 0 Å². The molecule has 0 saturated carbocycles. The third kappa shape index (κ3) is 4.76. The second-order valence-electron chi connectivity index (χ2n) is 4.09. The minimum Gasteiger partial charge on any atom is -0.480 e. The molecule has 0 fully saturated rings. The van der Waals surface area contributed by atoms with Gasteiger partial charge in [0.05, 0.1) is 4.90 Å². The van der Waals surface area contributed by atoms with Crippen molar-refractivity contribution in [2.24, 2.45) is 5.73 Å². The Hall–Kier alpha value is -2.07. The van der Waals surface area contributed by atoms with E-state index in [1.807, 2.05) is 0 Å². The number of halogens is 2. The average molecular weight is 322 g/mol. The number of hydrogen-bond donors (Lipinski definition) is 3. The minimum absolute atomic E-state index is 0.350. The molecule has 10 heteroatoms. The van der Waals surface area contributed by atoms with Crippen LogP contribution in [-0.4, -0.2) is 31.4 Å². The molecule has 4 N–H and O–H groups in total. The molecule has 0 aliphatic rings. The topological polar surface area (TPSA) is 127 Å². The predicted octanol–water partition coefficient (Wildman–Crippen LogP) is -0.0382. The summed E-state index contributed by atoms with van der Waals surface area (Å²) in [6.45, 7) is 0. The summed E-state index contributed by atoms with van der Waals surface area (Å²) in [5, 5.41) is 8.88. The molecule has 0 spiro atoms. The lowest BCUT2D eigenvalue weighted by molar-refractivity contribution is -0.139. The van der Waals surface area contributed by atoms with Crippen LogP contribution in [0.5, 0.6) is 0 Å². The number of rotatable bonds is 7. The number of hydrogen-bond acceptors (Lipinski definition) is 4. The first-order chi connectivity index (χ1) is 9.63. The molecule has 0 heterocycles. The number of nitrogens with two attached hydrogens (primary N) is 1. The number of sulfonamides is 1. The standard InChI is InChI=1S/C11H12F2N2O5S/c12-7-2-1-6(5-8(7)13)21(19,20)15-9(11(17)18)3-4-10(14)16/h1-2,5,9,15H,3-4H2,(H2,14,16)(H,17,18)/t9-/m0/s1. The van der Waals surface area contributed by atoms with Crippen LogP contribution in [0.15, 0.2) is 23.1 Å². The van der Waals surface area contributed by atoms with Gasteiger partial charge in [0.2, 0.25) is 15.9 Å². The molecule has 21 heavy (non-hydrogen) atoms. The van der Waals surface area contributed by atoms with Crippen LogP contribution in [-0.2, 0) is 19.6 Å². The van der Waals surface area contributed by atoms with Gasteiger partial charge in [0.1, 0.15) is 6.04 Å². The van der Waals surface area contributed by atoms with Crippen LogP contribution in [0.25, 0.3) is 0 Å². The minimum atomic E-state index is -4.38. The van der Waals surface area contributed by atoms with Gasteiger partial charge in [-0.1, -0.05) is 0 Å². The van der Waals surface area contributed by atoms with Crippen LogP contribution in [0.1, 0.15) is 12.8 Å². The molecule has 0 unspecified atom stereocenters. The van der Waals surface area contributed by atoms with E-state index in [1.54, 1.807) is 4.72 Å². The first-order valence-corrected chi connectivity index (χ1v) is 7.10. The van der Waals surface area contributed by atoms with E-state index in [4.69, 9.17) is 10.8 Å². The van der Waals surface area contributed by atoms with Crippen LogP contribution in [0.2, 0.25) is 0 Å². The number of nitrogens with one attached hydrogen (secondary N) is 1. The molecule has 1 aromatic rings. The van der Waals surface area contributed by atoms with Gasteiger partial charge in [-0.15, -0.1) is 0 Å². The van der Waals surface area contributed by atoms with Gasteiger partial charge in [-0.2, -0.15) is 4.72 Å². The number of primary amides is 1. The number of carbonyl (C=O) groups is 2. The maximum Gasteiger partial charge on any atom is 0.321 e. The first kappa shape index (κ1) is 17.0. The van der Waals surface area contributed by atoms with Crippen molar-refractivity contribution in [1.82, 2.24) is 4.72 Å². The zero-order valence-electron chi connectivity index (χ0n) is 10.5. The quantitative estimate of drug-likeness (QED) is 0.649. The van der Waals surface area contributed by atoms with Crippen molar-refractivity contribution in [3.05, 3.63) is 29.8 Å². The van der Waals surface area contributed by atoms with E-state index in [1.165, 1.54) is 0 Å². The van der Waals surface area contributed by atoms with Crippen LogP contribution < -0.4 is 10.5 Å². The normalized spacial score (nSPS) is 12.9. The Balaban J connectivity index is 2.97. The van der Waals surface area contributed by atoms with Crippen molar-refractivity contribution in [2.75, 3.05) is 0 Å². The second kappa shape index (κ2) is 6.59. The third-order valence-corrected chi connectivity index (χ3v) is 3.95. The van der Waals surface area contributed by atoms with E-state index in [2.05, 4.69) is 0 Å². The summed E-state index contributed by atoms with van der Waals surface area (Å²) >= 11 is 0. The molecule has 1 rings (SSSR count). The van der Waals surface area contributed by atoms with Crippen LogP contribution in [0.4, 0.5) is 8.78 Å². The highest BCUT2D eigenvalue weighted by atomic mass is 32.2. The molecule has 1 aromatic carbocycles. The van der Waals surface area contributed by atoms with Crippen molar-refractivity contribution in [2.45, 2.75) is 23.8 Å². The second-order valence-corrected chi connectivity index (χ2v) is 5.81. The molecule has 116 valence electrons. The Morgan fingerprint density at radius 1 is 1.29 bits per heavy atom. The molecule has 1 amide bonds. The van der Waals surface area contributed by atoms with E-state index in [0.29, 0.717) is 12.1 Å². The first-order valence-electron chi connectivity index (χ1n) is 5.62. The van der Waals surface area contributed by atoms with Crippen molar-refractivity contribution in [1.29, 1.82) is 0 Å². The Morgan fingerprint density at radius 2 is 1.90 bits per heavy atom. The Labute approximate surface area is 118 Å². The van der Waals surface area contributed by atoms with E-state index in [-0.39, 0.29) is 12.8 Å². The van der Waals surface area contributed by atoms with Gasteiger partial charge >= 0.3 is 5.97 Å². The number of aliphatic carboxylic acids is 1. The molecule has 1 atom stereocenters. The fourth-order valence-electron chi connectivity index (χ4n) is 1.42. The van der Waals surface area contributed by atoms with Gasteiger partial charge in [-0.25, -0.2) is 17.2 Å². The molecule has 7 nitrogen and oxygen atoms in total. The third-order valence-electron chi connectivity index (χ3n) is 2.48. The lowest BCUT2D eigenvalue weighted by atomic mass is 10.2. The lowest BCUT2D eigenvalue weighted by Crippen LogP contribution is -2.41. The molecule has 0 aliphatic heterocycles. The zero-order valence-corrected chi connectivity index (χ0v) is 11.4. The summed E-state index contributed by atoms with van der Waals surface area (Å²) in [4.78, 5) is 20.9. The van der Waals surface area contributed by atoms with Crippen LogP contribution >= 0.6 is 0 Å². The van der Waals surface area contributed by atoms with Crippen molar-refractivity contribution in [3.63, 3.8) is 0 Å². The largest absolute Gasteiger partial charge is 0.480 e. The highest BCUT2D eigenvalue weighted by Gasteiger charge is 2.26. The van der Waals surface area contributed by atoms with Gasteiger partial charge in [-0.05, 0) is 24.6 Å². The molecule has 0 radical (unpaired) electrons. The monoisotopic (exact) mass is 322 g/mol. The number of benzene rings is 1. The zero-order chi connectivity index (χ0) is 16.2.